The summed E-state index contributed by atoms with van der Waals surface area (Å²) in [7, 11) is 0. The number of alkyl halides is 3. The van der Waals surface area contributed by atoms with Crippen molar-refractivity contribution >= 4 is 17.3 Å². The second-order valence-corrected chi connectivity index (χ2v) is 4.25. The first-order valence-corrected chi connectivity index (χ1v) is 5.55. The van der Waals surface area contributed by atoms with Crippen molar-refractivity contribution in [3.05, 3.63) is 28.8 Å². The highest BCUT2D eigenvalue weighted by Crippen LogP contribution is 2.36. The van der Waals surface area contributed by atoms with Crippen LogP contribution in [0.15, 0.2) is 18.2 Å². The van der Waals surface area contributed by atoms with Gasteiger partial charge >= 0.3 is 6.18 Å². The lowest BCUT2D eigenvalue weighted by Gasteiger charge is -2.19. The first-order chi connectivity index (χ1) is 7.84. The molecule has 6 heteroatoms. The Morgan fingerprint density at radius 1 is 1.41 bits per heavy atom. The predicted molar refractivity (Wildman–Crippen MR) is 63.2 cm³/mol. The first kappa shape index (κ1) is 14.1. The molecule has 0 aliphatic rings. The molecule has 1 atom stereocenters. The van der Waals surface area contributed by atoms with E-state index >= 15 is 0 Å². The average molecular weight is 267 g/mol. The molecule has 2 nitrogen and oxygen atoms in total. The number of benzene rings is 1. The van der Waals surface area contributed by atoms with Crippen LogP contribution in [0.4, 0.5) is 18.9 Å². The van der Waals surface area contributed by atoms with Gasteiger partial charge in [0.25, 0.3) is 0 Å². The maximum Gasteiger partial charge on any atom is 0.418 e. The summed E-state index contributed by atoms with van der Waals surface area (Å²) in [6.07, 6.45) is -3.82. The van der Waals surface area contributed by atoms with Crippen molar-refractivity contribution in [2.24, 2.45) is 5.73 Å². The Morgan fingerprint density at radius 3 is 2.59 bits per heavy atom. The zero-order valence-corrected chi connectivity index (χ0v) is 10.1. The van der Waals surface area contributed by atoms with Crippen molar-refractivity contribution in [3.63, 3.8) is 0 Å². The SMILES string of the molecule is CC(CCN)Nc1ccc(Cl)cc1C(F)(F)F. The molecule has 96 valence electrons. The van der Waals surface area contributed by atoms with E-state index in [0.717, 1.165) is 6.07 Å². The molecular formula is C11H14ClF3N2. The smallest absolute Gasteiger partial charge is 0.382 e. The van der Waals surface area contributed by atoms with Gasteiger partial charge in [0.2, 0.25) is 0 Å². The van der Waals surface area contributed by atoms with Crippen molar-refractivity contribution in [2.75, 3.05) is 11.9 Å². The third-order valence-electron chi connectivity index (χ3n) is 2.29. The minimum atomic E-state index is -4.42. The molecule has 0 aliphatic heterocycles. The summed E-state index contributed by atoms with van der Waals surface area (Å²) in [5, 5.41) is 2.85. The Morgan fingerprint density at radius 2 is 2.06 bits per heavy atom. The van der Waals surface area contributed by atoms with Crippen molar-refractivity contribution in [3.8, 4) is 0 Å². The third kappa shape index (κ3) is 4.09. The lowest BCUT2D eigenvalue weighted by molar-refractivity contribution is -0.137. The second kappa shape index (κ2) is 5.60. The van der Waals surface area contributed by atoms with Crippen LogP contribution in [0.1, 0.15) is 18.9 Å². The molecule has 0 aliphatic carbocycles. The van der Waals surface area contributed by atoms with Crippen molar-refractivity contribution < 1.29 is 13.2 Å². The Labute approximate surface area is 103 Å². The molecule has 0 spiro atoms. The van der Waals surface area contributed by atoms with E-state index in [1.807, 2.05) is 0 Å². The second-order valence-electron chi connectivity index (χ2n) is 3.81. The number of hydrogen-bond donors (Lipinski definition) is 2. The van der Waals surface area contributed by atoms with Gasteiger partial charge in [-0.2, -0.15) is 13.2 Å². The van der Waals surface area contributed by atoms with Gasteiger partial charge in [0.15, 0.2) is 0 Å². The highest BCUT2D eigenvalue weighted by Gasteiger charge is 2.33. The fourth-order valence-electron chi connectivity index (χ4n) is 1.46. The van der Waals surface area contributed by atoms with Crippen LogP contribution < -0.4 is 11.1 Å². The number of anilines is 1. The molecule has 0 saturated heterocycles. The van der Waals surface area contributed by atoms with Crippen LogP contribution in [0.2, 0.25) is 5.02 Å². The van der Waals surface area contributed by atoms with Crippen LogP contribution in [-0.2, 0) is 6.18 Å². The van der Waals surface area contributed by atoms with E-state index in [2.05, 4.69) is 5.32 Å². The molecule has 1 aromatic rings. The van der Waals surface area contributed by atoms with Crippen molar-refractivity contribution in [1.29, 1.82) is 0 Å². The van der Waals surface area contributed by atoms with Gasteiger partial charge < -0.3 is 11.1 Å². The molecule has 1 rings (SSSR count). The number of nitrogens with one attached hydrogen (secondary N) is 1. The van der Waals surface area contributed by atoms with Crippen LogP contribution in [0, 0.1) is 0 Å². The quantitative estimate of drug-likeness (QED) is 0.875. The Bertz CT molecular complexity index is 379. The third-order valence-corrected chi connectivity index (χ3v) is 2.52. The van der Waals surface area contributed by atoms with E-state index in [-0.39, 0.29) is 16.8 Å². The summed E-state index contributed by atoms with van der Waals surface area (Å²) in [5.74, 6) is 0. The summed E-state index contributed by atoms with van der Waals surface area (Å²) in [5.41, 5.74) is 4.62. The topological polar surface area (TPSA) is 38.0 Å². The van der Waals surface area contributed by atoms with Gasteiger partial charge in [0, 0.05) is 16.8 Å². The maximum absolute atomic E-state index is 12.7. The van der Waals surface area contributed by atoms with Gasteiger partial charge in [-0.1, -0.05) is 11.6 Å². The zero-order valence-electron chi connectivity index (χ0n) is 9.31. The molecule has 0 aromatic heterocycles. The van der Waals surface area contributed by atoms with E-state index in [1.54, 1.807) is 6.92 Å². The van der Waals surface area contributed by atoms with Crippen LogP contribution in [0.3, 0.4) is 0 Å². The molecule has 0 bridgehead atoms. The van der Waals surface area contributed by atoms with E-state index in [1.165, 1.54) is 12.1 Å². The van der Waals surface area contributed by atoms with Gasteiger partial charge in [-0.25, -0.2) is 0 Å². The highest BCUT2D eigenvalue weighted by molar-refractivity contribution is 6.30. The van der Waals surface area contributed by atoms with Gasteiger partial charge in [-0.15, -0.1) is 0 Å². The molecule has 1 unspecified atom stereocenters. The maximum atomic E-state index is 12.7. The normalized spacial score (nSPS) is 13.5. The molecule has 0 amide bonds. The predicted octanol–water partition coefficient (Wildman–Crippen LogP) is 3.51. The van der Waals surface area contributed by atoms with Gasteiger partial charge in [-0.05, 0) is 38.1 Å². The summed E-state index contributed by atoms with van der Waals surface area (Å²) < 4.78 is 38.2. The molecular weight excluding hydrogens is 253 g/mol. The molecule has 0 fully saturated rings. The minimum absolute atomic E-state index is 0.0304. The van der Waals surface area contributed by atoms with Crippen LogP contribution in [0.25, 0.3) is 0 Å². The fourth-order valence-corrected chi connectivity index (χ4v) is 1.64. The van der Waals surface area contributed by atoms with Crippen LogP contribution in [-0.4, -0.2) is 12.6 Å². The Hall–Kier alpha value is -0.940. The molecule has 17 heavy (non-hydrogen) atoms. The summed E-state index contributed by atoms with van der Waals surface area (Å²) in [6, 6.07) is 3.55. The molecule has 3 N–H and O–H groups in total. The lowest BCUT2D eigenvalue weighted by Crippen LogP contribution is -2.21. The standard InChI is InChI=1S/C11H14ClF3N2/c1-7(4-5-16)17-10-3-2-8(12)6-9(10)11(13,14)15/h2-3,6-7,17H,4-5,16H2,1H3. The molecule has 0 heterocycles. The monoisotopic (exact) mass is 266 g/mol. The Kier molecular flexibility index (Phi) is 4.65. The van der Waals surface area contributed by atoms with E-state index in [9.17, 15) is 13.2 Å². The largest absolute Gasteiger partial charge is 0.418 e. The molecule has 1 aromatic carbocycles. The summed E-state index contributed by atoms with van der Waals surface area (Å²) in [4.78, 5) is 0. The van der Waals surface area contributed by atoms with Crippen molar-refractivity contribution in [1.82, 2.24) is 0 Å². The number of hydrogen-bond acceptors (Lipinski definition) is 2. The van der Waals surface area contributed by atoms with Crippen LogP contribution >= 0.6 is 11.6 Å². The van der Waals surface area contributed by atoms with Gasteiger partial charge in [0.1, 0.15) is 0 Å². The zero-order chi connectivity index (χ0) is 13.1. The van der Waals surface area contributed by atoms with Gasteiger partial charge in [-0.3, -0.25) is 0 Å². The number of nitrogens with two attached hydrogens (primary N) is 1. The minimum Gasteiger partial charge on any atom is -0.382 e. The van der Waals surface area contributed by atoms with Gasteiger partial charge in [0.05, 0.1) is 5.56 Å². The lowest BCUT2D eigenvalue weighted by atomic mass is 10.1. The molecule has 0 radical (unpaired) electrons. The molecule has 0 saturated carbocycles. The summed E-state index contributed by atoms with van der Waals surface area (Å²) in [6.45, 7) is 2.20. The van der Waals surface area contributed by atoms with Crippen molar-refractivity contribution in [2.45, 2.75) is 25.6 Å². The van der Waals surface area contributed by atoms with E-state index < -0.39 is 11.7 Å². The number of rotatable bonds is 4. The average Bonchev–Trinajstić information content (AvgIpc) is 2.19. The fraction of sp³-hybridized carbons (Fsp3) is 0.455. The summed E-state index contributed by atoms with van der Waals surface area (Å²) >= 11 is 5.57. The van der Waals surface area contributed by atoms with Crippen LogP contribution in [0.5, 0.6) is 0 Å². The van der Waals surface area contributed by atoms with E-state index in [0.29, 0.717) is 13.0 Å². The highest BCUT2D eigenvalue weighted by atomic mass is 35.5. The Balaban J connectivity index is 2.99. The van der Waals surface area contributed by atoms with E-state index in [4.69, 9.17) is 17.3 Å². The first-order valence-electron chi connectivity index (χ1n) is 5.18. The number of halogens is 4.